The number of carbonyl (C=O) groups excluding carboxylic acids is 2. The van der Waals surface area contributed by atoms with Crippen LogP contribution in [0.2, 0.25) is 0 Å². The lowest BCUT2D eigenvalue weighted by Crippen LogP contribution is -2.46. The van der Waals surface area contributed by atoms with E-state index in [2.05, 4.69) is 10.2 Å². The van der Waals surface area contributed by atoms with Gasteiger partial charge in [0.05, 0.1) is 13.2 Å². The van der Waals surface area contributed by atoms with Gasteiger partial charge in [-0.15, -0.1) is 0 Å². The fourth-order valence-electron chi connectivity index (χ4n) is 4.34. The Kier molecular flexibility index (Phi) is 8.70. The molecule has 2 aliphatic heterocycles. The third-order valence-electron chi connectivity index (χ3n) is 6.16. The molecule has 1 atom stereocenters. The maximum Gasteiger partial charge on any atom is 0.249 e. The van der Waals surface area contributed by atoms with Gasteiger partial charge in [0.1, 0.15) is 6.04 Å². The van der Waals surface area contributed by atoms with Crippen molar-refractivity contribution in [3.63, 3.8) is 0 Å². The molecule has 0 radical (unpaired) electrons. The second kappa shape index (κ2) is 11.5. The molecule has 3 rings (SSSR count). The predicted octanol–water partition coefficient (Wildman–Crippen LogP) is 2.85. The quantitative estimate of drug-likeness (QED) is 0.709. The molecule has 0 spiro atoms. The minimum Gasteiger partial charge on any atom is -0.379 e. The van der Waals surface area contributed by atoms with Gasteiger partial charge in [-0.3, -0.25) is 14.5 Å². The highest BCUT2D eigenvalue weighted by atomic mass is 16.5. The third kappa shape index (κ3) is 6.81. The Morgan fingerprint density at radius 2 is 1.73 bits per heavy atom. The zero-order valence-electron chi connectivity index (χ0n) is 18.5. The largest absolute Gasteiger partial charge is 0.379 e. The molecule has 30 heavy (non-hydrogen) atoms. The molecule has 0 saturated carbocycles. The highest BCUT2D eigenvalue weighted by molar-refractivity contribution is 5.88. The van der Waals surface area contributed by atoms with Crippen LogP contribution < -0.4 is 5.32 Å². The molecule has 1 aromatic carbocycles. The average molecular weight is 416 g/mol. The van der Waals surface area contributed by atoms with E-state index in [1.807, 2.05) is 49.1 Å². The minimum atomic E-state index is -0.595. The summed E-state index contributed by atoms with van der Waals surface area (Å²) in [4.78, 5) is 30.2. The minimum absolute atomic E-state index is 0.0185. The second-order valence-electron chi connectivity index (χ2n) is 9.02. The van der Waals surface area contributed by atoms with Crippen molar-refractivity contribution in [3.05, 3.63) is 35.9 Å². The number of carbonyl (C=O) groups is 2. The Balaban J connectivity index is 1.53. The molecule has 1 N–H and O–H groups in total. The van der Waals surface area contributed by atoms with E-state index < -0.39 is 6.04 Å². The van der Waals surface area contributed by atoms with Crippen molar-refractivity contribution in [2.24, 2.45) is 11.8 Å². The van der Waals surface area contributed by atoms with Gasteiger partial charge in [0.25, 0.3) is 0 Å². The Labute approximate surface area is 180 Å². The van der Waals surface area contributed by atoms with Gasteiger partial charge in [-0.1, -0.05) is 44.2 Å². The molecule has 6 heteroatoms. The van der Waals surface area contributed by atoms with Gasteiger partial charge >= 0.3 is 0 Å². The van der Waals surface area contributed by atoms with Crippen LogP contribution in [-0.4, -0.2) is 67.6 Å². The molecule has 0 aromatic heterocycles. The van der Waals surface area contributed by atoms with E-state index in [-0.39, 0.29) is 17.7 Å². The number of piperidine rings is 1. The SMILES string of the molecule is CC(C)CC(=O)NC(C(=O)N1CCC(CCN2CCOCC2)CC1)c1ccccc1. The Morgan fingerprint density at radius 1 is 1.07 bits per heavy atom. The molecule has 1 unspecified atom stereocenters. The number of rotatable bonds is 8. The summed E-state index contributed by atoms with van der Waals surface area (Å²) in [5.74, 6) is 0.888. The van der Waals surface area contributed by atoms with Crippen molar-refractivity contribution in [2.75, 3.05) is 45.9 Å². The van der Waals surface area contributed by atoms with Crippen LogP contribution in [-0.2, 0) is 14.3 Å². The standard InChI is InChI=1S/C24H37N3O3/c1-19(2)18-22(28)25-23(21-6-4-3-5-7-21)24(29)27-12-9-20(10-13-27)8-11-26-14-16-30-17-15-26/h3-7,19-20,23H,8-18H2,1-2H3,(H,25,28). The number of likely N-dealkylation sites (tertiary alicyclic amines) is 1. The van der Waals surface area contributed by atoms with E-state index >= 15 is 0 Å². The fraction of sp³-hybridized carbons (Fsp3) is 0.667. The summed E-state index contributed by atoms with van der Waals surface area (Å²) in [6, 6.07) is 9.02. The summed E-state index contributed by atoms with van der Waals surface area (Å²) in [7, 11) is 0. The third-order valence-corrected chi connectivity index (χ3v) is 6.16. The van der Waals surface area contributed by atoms with Gasteiger partial charge in [-0.25, -0.2) is 0 Å². The molecule has 2 heterocycles. The maximum atomic E-state index is 13.3. The van der Waals surface area contributed by atoms with Gasteiger partial charge in [-0.2, -0.15) is 0 Å². The number of nitrogens with zero attached hydrogens (tertiary/aromatic N) is 2. The molecule has 6 nitrogen and oxygen atoms in total. The van der Waals surface area contributed by atoms with E-state index in [4.69, 9.17) is 4.74 Å². The number of nitrogens with one attached hydrogen (secondary N) is 1. The van der Waals surface area contributed by atoms with Crippen LogP contribution in [0.5, 0.6) is 0 Å². The summed E-state index contributed by atoms with van der Waals surface area (Å²) in [6.07, 6.45) is 3.70. The summed E-state index contributed by atoms with van der Waals surface area (Å²) in [6.45, 7) is 10.5. The number of ether oxygens (including phenoxy) is 1. The number of morpholine rings is 1. The van der Waals surface area contributed by atoms with Gasteiger partial charge in [0.15, 0.2) is 0 Å². The highest BCUT2D eigenvalue weighted by Crippen LogP contribution is 2.24. The molecule has 0 aliphatic carbocycles. The first-order valence-electron chi connectivity index (χ1n) is 11.5. The topological polar surface area (TPSA) is 61.9 Å². The normalized spacial score (nSPS) is 19.6. The van der Waals surface area contributed by atoms with E-state index in [0.29, 0.717) is 12.3 Å². The van der Waals surface area contributed by atoms with Crippen molar-refractivity contribution >= 4 is 11.8 Å². The average Bonchev–Trinajstić information content (AvgIpc) is 2.77. The molecule has 0 bridgehead atoms. The number of benzene rings is 1. The Bertz CT molecular complexity index is 666. The molecular formula is C24H37N3O3. The van der Waals surface area contributed by atoms with Gasteiger partial charge in [-0.05, 0) is 43.2 Å². The lowest BCUT2D eigenvalue weighted by atomic mass is 9.92. The summed E-state index contributed by atoms with van der Waals surface area (Å²) >= 11 is 0. The van der Waals surface area contributed by atoms with Gasteiger partial charge in [0, 0.05) is 32.6 Å². The molecule has 166 valence electrons. The molecule has 2 amide bonds. The van der Waals surface area contributed by atoms with Crippen LogP contribution in [0.15, 0.2) is 30.3 Å². The molecule has 2 fully saturated rings. The fourth-order valence-corrected chi connectivity index (χ4v) is 4.34. The Morgan fingerprint density at radius 3 is 2.37 bits per heavy atom. The summed E-state index contributed by atoms with van der Waals surface area (Å²) in [5.41, 5.74) is 0.856. The number of hydrogen-bond donors (Lipinski definition) is 1. The zero-order valence-corrected chi connectivity index (χ0v) is 18.5. The van der Waals surface area contributed by atoms with Crippen LogP contribution >= 0.6 is 0 Å². The molecule has 2 saturated heterocycles. The van der Waals surface area contributed by atoms with Crippen LogP contribution in [0.3, 0.4) is 0 Å². The first kappa shape index (κ1) is 22.8. The molecular weight excluding hydrogens is 378 g/mol. The van der Waals surface area contributed by atoms with Crippen molar-refractivity contribution in [1.82, 2.24) is 15.1 Å². The van der Waals surface area contributed by atoms with E-state index in [1.165, 1.54) is 6.42 Å². The molecule has 2 aliphatic rings. The Hall–Kier alpha value is -1.92. The van der Waals surface area contributed by atoms with Crippen molar-refractivity contribution in [2.45, 2.75) is 45.6 Å². The van der Waals surface area contributed by atoms with Gasteiger partial charge < -0.3 is 15.0 Å². The molecule has 1 aromatic rings. The van der Waals surface area contributed by atoms with Crippen molar-refractivity contribution in [1.29, 1.82) is 0 Å². The van der Waals surface area contributed by atoms with E-state index in [1.54, 1.807) is 0 Å². The van der Waals surface area contributed by atoms with E-state index in [9.17, 15) is 9.59 Å². The predicted molar refractivity (Wildman–Crippen MR) is 118 cm³/mol. The van der Waals surface area contributed by atoms with Gasteiger partial charge in [0.2, 0.25) is 11.8 Å². The lowest BCUT2D eigenvalue weighted by Gasteiger charge is -2.35. The van der Waals surface area contributed by atoms with Crippen LogP contribution in [0.1, 0.15) is 51.1 Å². The first-order valence-corrected chi connectivity index (χ1v) is 11.5. The lowest BCUT2D eigenvalue weighted by molar-refractivity contribution is -0.138. The van der Waals surface area contributed by atoms with Crippen molar-refractivity contribution in [3.8, 4) is 0 Å². The summed E-state index contributed by atoms with van der Waals surface area (Å²) in [5, 5.41) is 2.99. The van der Waals surface area contributed by atoms with Crippen LogP contribution in [0.25, 0.3) is 0 Å². The smallest absolute Gasteiger partial charge is 0.249 e. The van der Waals surface area contributed by atoms with Crippen molar-refractivity contribution < 1.29 is 14.3 Å². The van der Waals surface area contributed by atoms with E-state index in [0.717, 1.165) is 64.3 Å². The highest BCUT2D eigenvalue weighted by Gasteiger charge is 2.30. The van der Waals surface area contributed by atoms with Crippen LogP contribution in [0.4, 0.5) is 0 Å². The second-order valence-corrected chi connectivity index (χ2v) is 9.02. The maximum absolute atomic E-state index is 13.3. The zero-order chi connectivity index (χ0) is 21.3. The number of amides is 2. The summed E-state index contributed by atoms with van der Waals surface area (Å²) < 4.78 is 5.42. The first-order chi connectivity index (χ1) is 14.5. The van der Waals surface area contributed by atoms with Crippen LogP contribution in [0, 0.1) is 11.8 Å². The number of hydrogen-bond acceptors (Lipinski definition) is 4. The monoisotopic (exact) mass is 415 g/mol.